The van der Waals surface area contributed by atoms with Gasteiger partial charge in [-0.3, -0.25) is 4.90 Å². The van der Waals surface area contributed by atoms with Crippen LogP contribution in [0.5, 0.6) is 0 Å². The van der Waals surface area contributed by atoms with Crippen LogP contribution in [-0.4, -0.2) is 76.1 Å². The molecular weight excluding hydrogens is 731 g/mol. The molecule has 2 amide bonds. The molecule has 1 saturated carbocycles. The number of carboxylic acid groups (broad SMARTS) is 1. The number of benzene rings is 1. The summed E-state index contributed by atoms with van der Waals surface area (Å²) >= 11 is 0. The van der Waals surface area contributed by atoms with Crippen molar-refractivity contribution in [3.63, 3.8) is 0 Å². The Morgan fingerprint density at radius 1 is 0.911 bits per heavy atom. The van der Waals surface area contributed by atoms with E-state index in [1.165, 1.54) is 4.90 Å². The van der Waals surface area contributed by atoms with Crippen LogP contribution in [0.25, 0.3) is 0 Å². The summed E-state index contributed by atoms with van der Waals surface area (Å²) < 4.78 is 27.4. The fourth-order valence-corrected chi connectivity index (χ4v) is 7.81. The zero-order valence-corrected chi connectivity index (χ0v) is 36.5. The van der Waals surface area contributed by atoms with Gasteiger partial charge in [0, 0.05) is 30.5 Å². The van der Waals surface area contributed by atoms with Crippen molar-refractivity contribution in [2.45, 2.75) is 161 Å². The molecule has 2 aromatic heterocycles. The maximum absolute atomic E-state index is 12.3. The molecular formula is C41H65N7O7Si. The normalized spacial score (nSPS) is 22.3. The fourth-order valence-electron chi connectivity index (χ4n) is 6.46. The number of hydrogen-bond donors (Lipinski definition) is 3. The van der Waals surface area contributed by atoms with Gasteiger partial charge in [0.25, 0.3) is 0 Å². The highest BCUT2D eigenvalue weighted by Gasteiger charge is 2.43. The molecule has 3 aliphatic rings. The topological polar surface area (TPSA) is 168 Å². The van der Waals surface area contributed by atoms with Gasteiger partial charge >= 0.3 is 12.2 Å². The van der Waals surface area contributed by atoms with Crippen LogP contribution in [0.1, 0.15) is 124 Å². The minimum atomic E-state index is -1.90. The molecule has 310 valence electrons. The monoisotopic (exact) mass is 795 g/mol. The number of ether oxygens (including phenoxy) is 3. The van der Waals surface area contributed by atoms with Gasteiger partial charge in [0.2, 0.25) is 0 Å². The largest absolute Gasteiger partial charge is 0.465 e. The first-order chi connectivity index (χ1) is 25.8. The smallest absolute Gasteiger partial charge is 0.413 e. The molecule has 4 atom stereocenters. The number of carbonyl (C=O) groups excluding carboxylic acids is 1. The minimum Gasteiger partial charge on any atom is -0.465 e. The Kier molecular flexibility index (Phi) is 12.5. The standard InChI is InChI=1S/C25H39N3O4Si.C16H26N4O3/c1-24(2,3)28-22(27(23(29)30)16-18-12-10-9-11-13-18)15-20(26-28)21-14-19(17-31-21)32-33(7,8)25(4,5)6;1-15(2,3)20-13(17)8-11(19-20)12-7-10(9-22-12)23-14(21)18-16(4)5-6-16/h9-13,15,19,21H,14,16-17H2,1-8H3,(H,29,30);8,10,12H,5-7,9,17H2,1-4H3,(H,18,21)/t19-,21-;10-,12-/m11/s1. The van der Waals surface area contributed by atoms with Gasteiger partial charge in [0.05, 0.1) is 48.3 Å². The van der Waals surface area contributed by atoms with E-state index in [0.29, 0.717) is 31.3 Å². The van der Waals surface area contributed by atoms with Crippen molar-refractivity contribution in [2.24, 2.45) is 0 Å². The average Bonchev–Trinajstić information content (AvgIpc) is 3.60. The summed E-state index contributed by atoms with van der Waals surface area (Å²) in [4.78, 5) is 25.5. The van der Waals surface area contributed by atoms with Crippen LogP contribution < -0.4 is 16.0 Å². The molecule has 3 fully saturated rings. The number of nitrogen functional groups attached to an aromatic ring is 1. The first kappa shape index (κ1) is 43.2. The SMILES string of the molecule is CC(C)(C)n1nc([C@H]2C[C@@H](O[Si](C)(C)C(C)(C)C)CO2)cc1N(Cc1ccccc1)C(=O)O.CC1(NC(=O)O[C@H]2CO[C@@H](c3cc(N)n(C(C)(C)C)n3)C2)CC1. The highest BCUT2D eigenvalue weighted by Crippen LogP contribution is 2.41. The summed E-state index contributed by atoms with van der Waals surface area (Å²) in [7, 11) is -1.90. The molecule has 1 aromatic carbocycles. The zero-order valence-electron chi connectivity index (χ0n) is 35.5. The molecule has 6 rings (SSSR count). The van der Waals surface area contributed by atoms with E-state index in [2.05, 4.69) is 44.3 Å². The highest BCUT2D eigenvalue weighted by atomic mass is 28.4. The number of nitrogens with zero attached hydrogens (tertiary/aromatic N) is 5. The molecule has 0 spiro atoms. The quantitative estimate of drug-likeness (QED) is 0.179. The number of amides is 2. The molecule has 0 unspecified atom stereocenters. The van der Waals surface area contributed by atoms with Crippen LogP contribution in [0.2, 0.25) is 18.1 Å². The molecule has 3 aromatic rings. The van der Waals surface area contributed by atoms with Crippen molar-refractivity contribution in [1.29, 1.82) is 0 Å². The lowest BCUT2D eigenvalue weighted by Crippen LogP contribution is -2.44. The van der Waals surface area contributed by atoms with E-state index in [1.807, 2.05) is 90.9 Å². The second-order valence-corrected chi connectivity index (χ2v) is 24.0. The Hall–Kier alpha value is -3.92. The van der Waals surface area contributed by atoms with E-state index in [1.54, 1.807) is 9.36 Å². The Balaban J connectivity index is 0.000000228. The zero-order chi connectivity index (χ0) is 41.4. The average molecular weight is 796 g/mol. The molecule has 2 aliphatic heterocycles. The number of carbonyl (C=O) groups is 2. The molecule has 4 N–H and O–H groups in total. The maximum Gasteiger partial charge on any atom is 0.413 e. The third-order valence-electron chi connectivity index (χ3n) is 11.0. The number of anilines is 2. The van der Waals surface area contributed by atoms with Gasteiger partial charge in [-0.25, -0.2) is 19.0 Å². The number of hydrogen-bond acceptors (Lipinski definition) is 9. The van der Waals surface area contributed by atoms with Crippen LogP contribution in [0, 0.1) is 0 Å². The van der Waals surface area contributed by atoms with E-state index >= 15 is 0 Å². The van der Waals surface area contributed by atoms with E-state index in [0.717, 1.165) is 36.2 Å². The van der Waals surface area contributed by atoms with E-state index < -0.39 is 19.9 Å². The van der Waals surface area contributed by atoms with E-state index in [4.69, 9.17) is 29.5 Å². The summed E-state index contributed by atoms with van der Waals surface area (Å²) in [5.74, 6) is 1.16. The summed E-state index contributed by atoms with van der Waals surface area (Å²) in [5, 5.41) is 22.4. The van der Waals surface area contributed by atoms with Gasteiger partial charge in [-0.15, -0.1) is 0 Å². The second-order valence-electron chi connectivity index (χ2n) is 19.3. The van der Waals surface area contributed by atoms with Gasteiger partial charge in [-0.1, -0.05) is 51.1 Å². The van der Waals surface area contributed by atoms with Crippen molar-refractivity contribution in [3.05, 3.63) is 59.4 Å². The Morgan fingerprint density at radius 3 is 1.96 bits per heavy atom. The predicted molar refractivity (Wildman–Crippen MR) is 219 cm³/mol. The van der Waals surface area contributed by atoms with Crippen LogP contribution in [0.15, 0.2) is 42.5 Å². The minimum absolute atomic E-state index is 0.0269. The lowest BCUT2D eigenvalue weighted by Gasteiger charge is -2.38. The lowest BCUT2D eigenvalue weighted by molar-refractivity contribution is 0.0672. The summed E-state index contributed by atoms with van der Waals surface area (Å²) in [5.41, 5.74) is 7.84. The van der Waals surface area contributed by atoms with Crippen LogP contribution in [-0.2, 0) is 36.3 Å². The van der Waals surface area contributed by atoms with Crippen molar-refractivity contribution < 1.29 is 33.3 Å². The Labute approximate surface area is 333 Å². The maximum atomic E-state index is 12.3. The molecule has 1 aliphatic carbocycles. The van der Waals surface area contributed by atoms with Crippen molar-refractivity contribution in [1.82, 2.24) is 24.9 Å². The van der Waals surface area contributed by atoms with E-state index in [-0.39, 0.29) is 53.2 Å². The van der Waals surface area contributed by atoms with Gasteiger partial charge in [0.15, 0.2) is 8.32 Å². The fraction of sp³-hybridized carbons (Fsp3) is 0.659. The van der Waals surface area contributed by atoms with Crippen LogP contribution >= 0.6 is 0 Å². The number of rotatable bonds is 9. The third-order valence-corrected chi connectivity index (χ3v) is 15.5. The summed E-state index contributed by atoms with van der Waals surface area (Å²) in [6.45, 7) is 26.6. The lowest BCUT2D eigenvalue weighted by atomic mass is 10.1. The molecule has 0 bridgehead atoms. The van der Waals surface area contributed by atoms with E-state index in [9.17, 15) is 14.7 Å². The number of nitrogens with one attached hydrogen (secondary N) is 1. The van der Waals surface area contributed by atoms with Crippen molar-refractivity contribution in [2.75, 3.05) is 23.8 Å². The summed E-state index contributed by atoms with van der Waals surface area (Å²) in [6.07, 6.45) is 1.35. The first-order valence-electron chi connectivity index (χ1n) is 19.8. The highest BCUT2D eigenvalue weighted by molar-refractivity contribution is 6.74. The number of aromatic nitrogens is 4. The molecule has 14 nitrogen and oxygen atoms in total. The predicted octanol–water partition coefficient (Wildman–Crippen LogP) is 8.50. The molecule has 56 heavy (non-hydrogen) atoms. The van der Waals surface area contributed by atoms with Gasteiger partial charge < -0.3 is 34.8 Å². The second kappa shape index (κ2) is 16.1. The third kappa shape index (κ3) is 10.7. The van der Waals surface area contributed by atoms with Gasteiger partial charge in [-0.2, -0.15) is 10.2 Å². The first-order valence-corrected chi connectivity index (χ1v) is 22.7. The van der Waals surface area contributed by atoms with Crippen LogP contribution in [0.3, 0.4) is 0 Å². The van der Waals surface area contributed by atoms with Crippen molar-refractivity contribution >= 4 is 32.1 Å². The van der Waals surface area contributed by atoms with Crippen molar-refractivity contribution in [3.8, 4) is 0 Å². The number of nitrogens with two attached hydrogens (primary N) is 1. The number of alkyl carbamates (subject to hydrolysis) is 1. The Bertz CT molecular complexity index is 1820. The molecule has 15 heteroatoms. The molecule has 4 heterocycles. The summed E-state index contributed by atoms with van der Waals surface area (Å²) in [6, 6.07) is 13.3. The molecule has 0 radical (unpaired) electrons. The van der Waals surface area contributed by atoms with Crippen LogP contribution in [0.4, 0.5) is 21.2 Å². The molecule has 2 saturated heterocycles. The van der Waals surface area contributed by atoms with Gasteiger partial charge in [0.1, 0.15) is 29.9 Å². The van der Waals surface area contributed by atoms with Gasteiger partial charge in [-0.05, 0) is 85.0 Å². The Morgan fingerprint density at radius 2 is 1.45 bits per heavy atom.